The molecule has 1 aromatic rings. The quantitative estimate of drug-likeness (QED) is 0.664. The summed E-state index contributed by atoms with van der Waals surface area (Å²) < 4.78 is 5.64. The third kappa shape index (κ3) is 3.01. The van der Waals surface area contributed by atoms with Crippen LogP contribution in [0.4, 0.5) is 0 Å². The van der Waals surface area contributed by atoms with Gasteiger partial charge >= 0.3 is 5.97 Å². The van der Waals surface area contributed by atoms with Gasteiger partial charge in [0, 0.05) is 0 Å². The third-order valence-corrected chi connectivity index (χ3v) is 4.50. The summed E-state index contributed by atoms with van der Waals surface area (Å²) in [6.07, 6.45) is 3.82. The molecule has 0 fully saturated rings. The minimum atomic E-state index is -0.909. The number of halogens is 1. The second-order valence-corrected chi connectivity index (χ2v) is 5.73. The van der Waals surface area contributed by atoms with E-state index < -0.39 is 18.2 Å². The van der Waals surface area contributed by atoms with E-state index in [1.807, 2.05) is 37.3 Å². The van der Waals surface area contributed by atoms with E-state index in [1.165, 1.54) is 0 Å². The number of esters is 1. The molecule has 0 aromatic heterocycles. The van der Waals surface area contributed by atoms with Gasteiger partial charge in [-0.1, -0.05) is 43.0 Å². The highest BCUT2D eigenvalue weighted by molar-refractivity contribution is 9.12. The van der Waals surface area contributed by atoms with E-state index in [0.717, 1.165) is 16.7 Å². The molecule has 0 saturated heterocycles. The average molecular weight is 349 g/mol. The monoisotopic (exact) mass is 348 g/mol. The van der Waals surface area contributed by atoms with Crippen LogP contribution < -0.4 is 0 Å². The summed E-state index contributed by atoms with van der Waals surface area (Å²) in [7, 11) is 0. The Morgan fingerprint density at radius 2 is 2.14 bits per heavy atom. The number of allylic oxidation sites excluding steroid dienone is 2. The molecule has 1 aliphatic heterocycles. The van der Waals surface area contributed by atoms with E-state index in [0.29, 0.717) is 10.1 Å². The average Bonchev–Trinajstić information content (AvgIpc) is 2.73. The maximum Gasteiger partial charge on any atom is 0.346 e. The smallest absolute Gasteiger partial charge is 0.346 e. The Balaban J connectivity index is 2.43. The lowest BCUT2D eigenvalue weighted by Crippen LogP contribution is -2.21. The Morgan fingerprint density at radius 1 is 1.43 bits per heavy atom. The number of aryl methyl sites for hydroxylation is 1. The van der Waals surface area contributed by atoms with Gasteiger partial charge < -0.3 is 9.84 Å². The summed E-state index contributed by atoms with van der Waals surface area (Å²) in [6, 6.07) is 5.69. The zero-order valence-electron chi connectivity index (χ0n) is 12.0. The molecule has 2 rings (SSSR count). The molecule has 0 amide bonds. The van der Waals surface area contributed by atoms with E-state index in [4.69, 9.17) is 4.74 Å². The number of hydrogen-bond donors (Lipinski definition) is 1. The van der Waals surface area contributed by atoms with Gasteiger partial charge in [-0.15, -0.1) is 0 Å². The Bertz CT molecular complexity index is 643. The van der Waals surface area contributed by atoms with Crippen molar-refractivity contribution in [3.8, 4) is 0 Å². The first kappa shape index (κ1) is 15.7. The molecule has 1 aromatic carbocycles. The van der Waals surface area contributed by atoms with Gasteiger partial charge in [0.05, 0.1) is 0 Å². The van der Waals surface area contributed by atoms with Gasteiger partial charge in [0.15, 0.2) is 6.10 Å². The molecule has 110 valence electrons. The van der Waals surface area contributed by atoms with Crippen LogP contribution in [-0.4, -0.2) is 17.2 Å². The summed E-state index contributed by atoms with van der Waals surface area (Å²) in [5.41, 5.74) is 3.38. The van der Waals surface area contributed by atoms with Gasteiger partial charge in [-0.05, 0) is 52.0 Å². The number of aliphatic hydroxyl groups excluding tert-OH is 1. The lowest BCUT2D eigenvalue weighted by Gasteiger charge is -2.21. The minimum absolute atomic E-state index is 0.391. The normalized spacial score (nSPS) is 20.0. The topological polar surface area (TPSA) is 46.5 Å². The first-order chi connectivity index (χ1) is 9.97. The van der Waals surface area contributed by atoms with Crippen molar-refractivity contribution in [2.45, 2.75) is 26.1 Å². The van der Waals surface area contributed by atoms with E-state index in [-0.39, 0.29) is 0 Å². The summed E-state index contributed by atoms with van der Waals surface area (Å²) in [4.78, 5) is 11.6. The second-order valence-electron chi connectivity index (χ2n) is 4.94. The van der Waals surface area contributed by atoms with Gasteiger partial charge in [0.2, 0.25) is 0 Å². The highest BCUT2D eigenvalue weighted by atomic mass is 79.9. The number of carbonyl (C=O) groups excluding carboxylic acids is 1. The number of cyclic esters (lactones) is 1. The van der Waals surface area contributed by atoms with Gasteiger partial charge in [-0.2, -0.15) is 0 Å². The van der Waals surface area contributed by atoms with Crippen LogP contribution in [-0.2, 0) is 9.53 Å². The van der Waals surface area contributed by atoms with Gasteiger partial charge in [0.25, 0.3) is 0 Å². The van der Waals surface area contributed by atoms with Crippen molar-refractivity contribution in [1.29, 1.82) is 0 Å². The molecule has 0 radical (unpaired) electrons. The number of benzene rings is 1. The Morgan fingerprint density at radius 3 is 2.71 bits per heavy atom. The molecule has 1 N–H and O–H groups in total. The maximum atomic E-state index is 11.6. The molecule has 3 nitrogen and oxygen atoms in total. The molecule has 2 atom stereocenters. The molecule has 0 saturated carbocycles. The maximum absolute atomic E-state index is 11.6. The Kier molecular flexibility index (Phi) is 4.80. The van der Waals surface area contributed by atoms with Crippen molar-refractivity contribution in [1.82, 2.24) is 0 Å². The number of carbonyl (C=O) groups is 1. The molecular formula is C17H17BrO3. The first-order valence-electron chi connectivity index (χ1n) is 6.61. The predicted molar refractivity (Wildman–Crippen MR) is 86.9 cm³/mol. The van der Waals surface area contributed by atoms with Crippen molar-refractivity contribution in [3.63, 3.8) is 0 Å². The Hall–Kier alpha value is -1.65. The fraction of sp³-hybridized carbons (Fsp3) is 0.235. The highest BCUT2D eigenvalue weighted by Crippen LogP contribution is 2.36. The molecule has 1 aliphatic rings. The molecule has 1 heterocycles. The Labute approximate surface area is 132 Å². The van der Waals surface area contributed by atoms with Crippen LogP contribution in [0.1, 0.15) is 29.7 Å². The van der Waals surface area contributed by atoms with Gasteiger partial charge in [-0.3, -0.25) is 0 Å². The van der Waals surface area contributed by atoms with Crippen LogP contribution in [0.2, 0.25) is 0 Å². The zero-order chi connectivity index (χ0) is 15.6. The number of aliphatic hydroxyl groups is 1. The first-order valence-corrected chi connectivity index (χ1v) is 7.40. The number of rotatable bonds is 4. The molecule has 0 aliphatic carbocycles. The lowest BCUT2D eigenvalue weighted by atomic mass is 9.93. The van der Waals surface area contributed by atoms with Crippen molar-refractivity contribution < 1.29 is 14.6 Å². The summed E-state index contributed by atoms with van der Waals surface area (Å²) >= 11 is 3.19. The van der Waals surface area contributed by atoms with Crippen molar-refractivity contribution in [3.05, 3.63) is 63.7 Å². The fourth-order valence-electron chi connectivity index (χ4n) is 2.36. The standard InChI is InChI=1S/C17H17BrO3/c1-4-5-8-12-10(2)7-6-9-13(12)15(19)16-11(3)14(18)17(20)21-16/h4-9,15-16,19H,1H2,2-3H3/b8-5-. The highest BCUT2D eigenvalue weighted by Gasteiger charge is 2.36. The fourth-order valence-corrected chi connectivity index (χ4v) is 2.68. The minimum Gasteiger partial charge on any atom is -0.451 e. The predicted octanol–water partition coefficient (Wildman–Crippen LogP) is 3.82. The van der Waals surface area contributed by atoms with Gasteiger partial charge in [-0.25, -0.2) is 4.79 Å². The van der Waals surface area contributed by atoms with Crippen molar-refractivity contribution in [2.75, 3.05) is 0 Å². The lowest BCUT2D eigenvalue weighted by molar-refractivity contribution is -0.143. The summed E-state index contributed by atoms with van der Waals surface area (Å²) in [5, 5.41) is 10.6. The van der Waals surface area contributed by atoms with E-state index >= 15 is 0 Å². The summed E-state index contributed by atoms with van der Waals surface area (Å²) in [6.45, 7) is 7.40. The second kappa shape index (κ2) is 6.41. The molecule has 0 spiro atoms. The molecule has 0 bridgehead atoms. The van der Waals surface area contributed by atoms with Crippen LogP contribution in [0, 0.1) is 6.92 Å². The molecule has 2 unspecified atom stereocenters. The van der Waals surface area contributed by atoms with Crippen molar-refractivity contribution >= 4 is 28.0 Å². The van der Waals surface area contributed by atoms with Crippen LogP contribution in [0.15, 0.2) is 47.0 Å². The van der Waals surface area contributed by atoms with E-state index in [2.05, 4.69) is 22.5 Å². The number of ether oxygens (including phenoxy) is 1. The van der Waals surface area contributed by atoms with Crippen LogP contribution in [0.5, 0.6) is 0 Å². The van der Waals surface area contributed by atoms with Crippen LogP contribution in [0.3, 0.4) is 0 Å². The van der Waals surface area contributed by atoms with Gasteiger partial charge in [0.1, 0.15) is 10.6 Å². The zero-order valence-corrected chi connectivity index (χ0v) is 13.6. The molecular weight excluding hydrogens is 332 g/mol. The number of hydrogen-bond acceptors (Lipinski definition) is 3. The van der Waals surface area contributed by atoms with Crippen LogP contribution >= 0.6 is 15.9 Å². The molecule has 4 heteroatoms. The van der Waals surface area contributed by atoms with Crippen molar-refractivity contribution in [2.24, 2.45) is 0 Å². The largest absolute Gasteiger partial charge is 0.451 e. The SMILES string of the molecule is C=C/C=C\c1c(C)cccc1C(O)C1OC(=O)C(Br)=C1C. The van der Waals surface area contributed by atoms with Crippen LogP contribution in [0.25, 0.3) is 6.08 Å². The third-order valence-electron chi connectivity index (χ3n) is 3.55. The summed E-state index contributed by atoms with van der Waals surface area (Å²) in [5.74, 6) is -0.438. The van der Waals surface area contributed by atoms with E-state index in [9.17, 15) is 9.90 Å². The van der Waals surface area contributed by atoms with E-state index in [1.54, 1.807) is 13.0 Å². The molecule has 21 heavy (non-hydrogen) atoms.